The van der Waals surface area contributed by atoms with E-state index in [1.165, 1.54) is 6.20 Å². The molecule has 20 heavy (non-hydrogen) atoms. The van der Waals surface area contributed by atoms with E-state index in [0.717, 1.165) is 5.57 Å². The SMILES string of the molecule is C=C(C)CNC(=O)c1cnc2c(OC)cccc2c1Cl. The van der Waals surface area contributed by atoms with Crippen molar-refractivity contribution in [2.75, 3.05) is 13.7 Å². The van der Waals surface area contributed by atoms with Crippen LogP contribution in [-0.4, -0.2) is 24.5 Å². The number of aromatic nitrogens is 1. The van der Waals surface area contributed by atoms with E-state index in [4.69, 9.17) is 16.3 Å². The lowest BCUT2D eigenvalue weighted by Gasteiger charge is -2.10. The van der Waals surface area contributed by atoms with E-state index in [-0.39, 0.29) is 5.91 Å². The highest BCUT2D eigenvalue weighted by molar-refractivity contribution is 6.38. The maximum Gasteiger partial charge on any atom is 0.254 e. The third-order valence-electron chi connectivity index (χ3n) is 2.81. The minimum Gasteiger partial charge on any atom is -0.494 e. The van der Waals surface area contributed by atoms with Gasteiger partial charge in [-0.3, -0.25) is 9.78 Å². The largest absolute Gasteiger partial charge is 0.494 e. The molecule has 104 valence electrons. The van der Waals surface area contributed by atoms with Crippen molar-refractivity contribution in [2.24, 2.45) is 0 Å². The summed E-state index contributed by atoms with van der Waals surface area (Å²) < 4.78 is 5.23. The number of carbonyl (C=O) groups excluding carboxylic acids is 1. The Hall–Kier alpha value is -2.07. The Bertz CT molecular complexity index is 683. The van der Waals surface area contributed by atoms with E-state index < -0.39 is 0 Å². The highest BCUT2D eigenvalue weighted by Crippen LogP contribution is 2.30. The van der Waals surface area contributed by atoms with Gasteiger partial charge in [-0.05, 0) is 13.0 Å². The summed E-state index contributed by atoms with van der Waals surface area (Å²) in [5.74, 6) is 0.355. The van der Waals surface area contributed by atoms with Gasteiger partial charge in [-0.25, -0.2) is 0 Å². The maximum atomic E-state index is 12.1. The molecular formula is C15H15ClN2O2. The monoisotopic (exact) mass is 290 g/mol. The van der Waals surface area contributed by atoms with Crippen LogP contribution in [-0.2, 0) is 0 Å². The van der Waals surface area contributed by atoms with Crippen LogP contribution in [0.15, 0.2) is 36.5 Å². The number of nitrogens with one attached hydrogen (secondary N) is 1. The number of carbonyl (C=O) groups is 1. The number of hydrogen-bond acceptors (Lipinski definition) is 3. The van der Waals surface area contributed by atoms with Crippen molar-refractivity contribution in [3.8, 4) is 5.75 Å². The minimum absolute atomic E-state index is 0.268. The molecule has 1 heterocycles. The van der Waals surface area contributed by atoms with Gasteiger partial charge in [-0.2, -0.15) is 0 Å². The number of methoxy groups -OCH3 is 1. The Morgan fingerprint density at radius 1 is 1.50 bits per heavy atom. The van der Waals surface area contributed by atoms with Gasteiger partial charge in [0.2, 0.25) is 0 Å². The summed E-state index contributed by atoms with van der Waals surface area (Å²) in [5, 5.41) is 3.80. The van der Waals surface area contributed by atoms with Crippen LogP contribution in [0.2, 0.25) is 5.02 Å². The van der Waals surface area contributed by atoms with Gasteiger partial charge in [0, 0.05) is 18.1 Å². The van der Waals surface area contributed by atoms with Crippen LogP contribution in [0.3, 0.4) is 0 Å². The van der Waals surface area contributed by atoms with Crippen LogP contribution in [0.4, 0.5) is 0 Å². The number of halogens is 1. The zero-order valence-electron chi connectivity index (χ0n) is 11.4. The molecule has 1 aromatic carbocycles. The number of nitrogens with zero attached hydrogens (tertiary/aromatic N) is 1. The Balaban J connectivity index is 2.44. The summed E-state index contributed by atoms with van der Waals surface area (Å²) in [4.78, 5) is 16.3. The van der Waals surface area contributed by atoms with E-state index >= 15 is 0 Å². The highest BCUT2D eigenvalue weighted by Gasteiger charge is 2.15. The molecule has 2 aromatic rings. The van der Waals surface area contributed by atoms with Crippen LogP contribution < -0.4 is 10.1 Å². The standard InChI is InChI=1S/C15H15ClN2O2/c1-9(2)7-18-15(19)11-8-17-14-10(13(11)16)5-4-6-12(14)20-3/h4-6,8H,1,7H2,2-3H3,(H,18,19). The van der Waals surface area contributed by atoms with Crippen molar-refractivity contribution in [1.82, 2.24) is 10.3 Å². The molecule has 1 aromatic heterocycles. The van der Waals surface area contributed by atoms with Crippen molar-refractivity contribution < 1.29 is 9.53 Å². The summed E-state index contributed by atoms with van der Waals surface area (Å²) in [6, 6.07) is 5.42. The van der Waals surface area contributed by atoms with Crippen molar-refractivity contribution in [2.45, 2.75) is 6.92 Å². The number of pyridine rings is 1. The number of para-hydroxylation sites is 1. The molecule has 2 rings (SSSR count). The zero-order chi connectivity index (χ0) is 14.7. The van der Waals surface area contributed by atoms with Gasteiger partial charge in [-0.15, -0.1) is 0 Å². The molecule has 0 spiro atoms. The average Bonchev–Trinajstić information content (AvgIpc) is 2.44. The first kappa shape index (κ1) is 14.3. The third kappa shape index (κ3) is 2.75. The van der Waals surface area contributed by atoms with E-state index in [9.17, 15) is 4.79 Å². The van der Waals surface area contributed by atoms with Crippen molar-refractivity contribution >= 4 is 28.4 Å². The van der Waals surface area contributed by atoms with Gasteiger partial charge in [0.05, 0.1) is 17.7 Å². The Labute approximate surface area is 122 Å². The number of fused-ring (bicyclic) bond motifs is 1. The van der Waals surface area contributed by atoms with Gasteiger partial charge in [0.1, 0.15) is 11.3 Å². The summed E-state index contributed by atoms with van der Waals surface area (Å²) >= 11 is 6.30. The molecule has 0 atom stereocenters. The second kappa shape index (κ2) is 5.92. The molecule has 0 bridgehead atoms. The third-order valence-corrected chi connectivity index (χ3v) is 3.22. The van der Waals surface area contributed by atoms with E-state index in [2.05, 4.69) is 16.9 Å². The second-order valence-electron chi connectivity index (χ2n) is 4.48. The van der Waals surface area contributed by atoms with Crippen molar-refractivity contribution in [3.63, 3.8) is 0 Å². The molecule has 4 nitrogen and oxygen atoms in total. The maximum absolute atomic E-state index is 12.1. The van der Waals surface area contributed by atoms with Crippen LogP contribution in [0.1, 0.15) is 17.3 Å². The zero-order valence-corrected chi connectivity index (χ0v) is 12.1. The topological polar surface area (TPSA) is 51.2 Å². The first-order chi connectivity index (χ1) is 9.54. The van der Waals surface area contributed by atoms with Gasteiger partial charge in [0.25, 0.3) is 5.91 Å². The highest BCUT2D eigenvalue weighted by atomic mass is 35.5. The van der Waals surface area contributed by atoms with Gasteiger partial charge >= 0.3 is 0 Å². The Morgan fingerprint density at radius 2 is 2.25 bits per heavy atom. The fraction of sp³-hybridized carbons (Fsp3) is 0.200. The van der Waals surface area contributed by atoms with Crippen LogP contribution in [0.25, 0.3) is 10.9 Å². The van der Waals surface area contributed by atoms with Crippen LogP contribution >= 0.6 is 11.6 Å². The molecule has 0 aliphatic rings. The van der Waals surface area contributed by atoms with Crippen molar-refractivity contribution in [3.05, 3.63) is 47.1 Å². The molecule has 5 heteroatoms. The second-order valence-corrected chi connectivity index (χ2v) is 4.86. The summed E-state index contributed by atoms with van der Waals surface area (Å²) in [7, 11) is 1.57. The first-order valence-corrected chi connectivity index (χ1v) is 6.46. The lowest BCUT2D eigenvalue weighted by Crippen LogP contribution is -2.25. The van der Waals surface area contributed by atoms with Crippen LogP contribution in [0, 0.1) is 0 Å². The fourth-order valence-corrected chi connectivity index (χ4v) is 2.10. The molecule has 0 saturated heterocycles. The number of rotatable bonds is 4. The number of amides is 1. The predicted molar refractivity (Wildman–Crippen MR) is 80.5 cm³/mol. The van der Waals surface area contributed by atoms with Crippen molar-refractivity contribution in [1.29, 1.82) is 0 Å². The first-order valence-electron chi connectivity index (χ1n) is 6.08. The molecule has 0 radical (unpaired) electrons. The lowest BCUT2D eigenvalue weighted by molar-refractivity contribution is 0.0957. The number of benzene rings is 1. The smallest absolute Gasteiger partial charge is 0.254 e. The fourth-order valence-electron chi connectivity index (χ4n) is 1.81. The Morgan fingerprint density at radius 3 is 2.90 bits per heavy atom. The molecule has 1 N–H and O–H groups in total. The van der Waals surface area contributed by atoms with Gasteiger partial charge < -0.3 is 10.1 Å². The summed E-state index contributed by atoms with van der Waals surface area (Å²) in [6.07, 6.45) is 1.46. The lowest BCUT2D eigenvalue weighted by atomic mass is 10.1. The molecule has 0 saturated carbocycles. The van der Waals surface area contributed by atoms with E-state index in [1.807, 2.05) is 19.1 Å². The van der Waals surface area contributed by atoms with Crippen LogP contribution in [0.5, 0.6) is 5.75 Å². The summed E-state index contributed by atoms with van der Waals surface area (Å²) in [5.41, 5.74) is 1.84. The normalized spacial score (nSPS) is 10.3. The average molecular weight is 291 g/mol. The molecule has 0 unspecified atom stereocenters. The van der Waals surface area contributed by atoms with E-state index in [1.54, 1.807) is 13.2 Å². The Kier molecular flexibility index (Phi) is 4.25. The number of hydrogen-bond donors (Lipinski definition) is 1. The predicted octanol–water partition coefficient (Wildman–Crippen LogP) is 3.20. The van der Waals surface area contributed by atoms with E-state index in [0.29, 0.717) is 33.8 Å². The molecule has 0 aliphatic heterocycles. The summed E-state index contributed by atoms with van der Waals surface area (Å²) in [6.45, 7) is 5.98. The van der Waals surface area contributed by atoms with Gasteiger partial charge in [-0.1, -0.05) is 35.9 Å². The molecule has 0 fully saturated rings. The number of ether oxygens (including phenoxy) is 1. The minimum atomic E-state index is -0.268. The van der Waals surface area contributed by atoms with Gasteiger partial charge in [0.15, 0.2) is 0 Å². The molecule has 1 amide bonds. The quantitative estimate of drug-likeness (QED) is 0.880. The molecular weight excluding hydrogens is 276 g/mol. The molecule has 0 aliphatic carbocycles.